The number of hydrogen-bond acceptors (Lipinski definition) is 5. The van der Waals surface area contributed by atoms with Crippen LogP contribution in [-0.2, 0) is 17.5 Å². The Kier molecular flexibility index (Phi) is 7.84. The molecule has 188 valence electrons. The molecule has 0 atom stereocenters. The molecule has 2 heterocycles. The number of halogens is 3. The van der Waals surface area contributed by atoms with Crippen molar-refractivity contribution in [3.8, 4) is 11.6 Å². The molecule has 1 N–H and O–H groups in total. The standard InChI is InChI=1S/C26H25F3N4O3/c27-26(28,29)21-8-11-24(31-17-21)36-22-9-6-20(7-10-22)25(35)33-14-12-32(13-15-33)18-23(34)30-16-19-4-2-1-3-5-19/h1-11,17H,12-16,18H2,(H,30,34). The molecule has 0 unspecified atom stereocenters. The van der Waals surface area contributed by atoms with Crippen molar-refractivity contribution in [2.75, 3.05) is 32.7 Å². The molecule has 10 heteroatoms. The van der Waals surface area contributed by atoms with E-state index in [9.17, 15) is 22.8 Å². The van der Waals surface area contributed by atoms with Crippen molar-refractivity contribution in [3.63, 3.8) is 0 Å². The summed E-state index contributed by atoms with van der Waals surface area (Å²) in [6.45, 7) is 2.93. The van der Waals surface area contributed by atoms with Crippen molar-refractivity contribution in [1.29, 1.82) is 0 Å². The largest absolute Gasteiger partial charge is 0.439 e. The van der Waals surface area contributed by atoms with Crippen LogP contribution >= 0.6 is 0 Å². The first-order chi connectivity index (χ1) is 17.3. The molecule has 2 amide bonds. The molecule has 1 fully saturated rings. The zero-order chi connectivity index (χ0) is 25.5. The van der Waals surface area contributed by atoms with Crippen LogP contribution in [0.5, 0.6) is 11.6 Å². The van der Waals surface area contributed by atoms with Crippen molar-refractivity contribution < 1.29 is 27.5 Å². The maximum atomic E-state index is 12.9. The van der Waals surface area contributed by atoms with Gasteiger partial charge in [-0.2, -0.15) is 13.2 Å². The lowest BCUT2D eigenvalue weighted by molar-refractivity contribution is -0.137. The van der Waals surface area contributed by atoms with E-state index in [1.54, 1.807) is 29.2 Å². The zero-order valence-electron chi connectivity index (χ0n) is 19.4. The second-order valence-corrected chi connectivity index (χ2v) is 8.34. The number of pyridine rings is 1. The van der Waals surface area contributed by atoms with E-state index in [-0.39, 0.29) is 24.2 Å². The van der Waals surface area contributed by atoms with E-state index in [0.29, 0.717) is 50.2 Å². The molecule has 36 heavy (non-hydrogen) atoms. The predicted molar refractivity (Wildman–Crippen MR) is 126 cm³/mol. The molecule has 3 aromatic rings. The Morgan fingerprint density at radius 2 is 1.61 bits per heavy atom. The fourth-order valence-corrected chi connectivity index (χ4v) is 3.74. The van der Waals surface area contributed by atoms with E-state index >= 15 is 0 Å². The van der Waals surface area contributed by atoms with Gasteiger partial charge >= 0.3 is 6.18 Å². The lowest BCUT2D eigenvalue weighted by Gasteiger charge is -2.34. The second-order valence-electron chi connectivity index (χ2n) is 8.34. The van der Waals surface area contributed by atoms with Crippen molar-refractivity contribution in [2.24, 2.45) is 0 Å². The maximum absolute atomic E-state index is 12.9. The van der Waals surface area contributed by atoms with Gasteiger partial charge in [0.05, 0.1) is 12.1 Å². The highest BCUT2D eigenvalue weighted by Gasteiger charge is 2.30. The minimum absolute atomic E-state index is 0.0194. The van der Waals surface area contributed by atoms with Gasteiger partial charge in [0.2, 0.25) is 11.8 Å². The van der Waals surface area contributed by atoms with Gasteiger partial charge in [0, 0.05) is 50.6 Å². The van der Waals surface area contributed by atoms with Crippen LogP contribution in [0.1, 0.15) is 21.5 Å². The third-order valence-electron chi connectivity index (χ3n) is 5.75. The van der Waals surface area contributed by atoms with Crippen LogP contribution in [0.4, 0.5) is 13.2 Å². The molecule has 0 bridgehead atoms. The summed E-state index contributed by atoms with van der Waals surface area (Å²) in [6, 6.07) is 18.1. The number of nitrogens with zero attached hydrogens (tertiary/aromatic N) is 3. The normalized spacial score (nSPS) is 14.4. The van der Waals surface area contributed by atoms with Gasteiger partial charge in [0.25, 0.3) is 5.91 Å². The van der Waals surface area contributed by atoms with Gasteiger partial charge in [-0.05, 0) is 35.9 Å². The summed E-state index contributed by atoms with van der Waals surface area (Å²) in [4.78, 5) is 32.5. The van der Waals surface area contributed by atoms with Crippen LogP contribution in [-0.4, -0.2) is 59.3 Å². The molecule has 1 aliphatic heterocycles. The second kappa shape index (κ2) is 11.2. The van der Waals surface area contributed by atoms with Crippen molar-refractivity contribution in [2.45, 2.75) is 12.7 Å². The summed E-state index contributed by atoms with van der Waals surface area (Å²) < 4.78 is 43.4. The Morgan fingerprint density at radius 1 is 0.917 bits per heavy atom. The van der Waals surface area contributed by atoms with Gasteiger partial charge in [-0.25, -0.2) is 4.98 Å². The lowest BCUT2D eigenvalue weighted by atomic mass is 10.1. The molecule has 0 spiro atoms. The van der Waals surface area contributed by atoms with Gasteiger partial charge in [0.1, 0.15) is 5.75 Å². The number of carbonyl (C=O) groups excluding carboxylic acids is 2. The van der Waals surface area contributed by atoms with E-state index in [4.69, 9.17) is 4.74 Å². The Morgan fingerprint density at radius 3 is 2.22 bits per heavy atom. The maximum Gasteiger partial charge on any atom is 0.417 e. The van der Waals surface area contributed by atoms with Crippen LogP contribution < -0.4 is 10.1 Å². The monoisotopic (exact) mass is 498 g/mol. The molecule has 0 aliphatic carbocycles. The molecular formula is C26H25F3N4O3. The number of carbonyl (C=O) groups is 2. The highest BCUT2D eigenvalue weighted by atomic mass is 19.4. The fourth-order valence-electron chi connectivity index (χ4n) is 3.74. The van der Waals surface area contributed by atoms with Crippen molar-refractivity contribution in [1.82, 2.24) is 20.1 Å². The molecular weight excluding hydrogens is 473 g/mol. The molecule has 1 saturated heterocycles. The van der Waals surface area contributed by atoms with E-state index in [1.807, 2.05) is 35.2 Å². The van der Waals surface area contributed by atoms with Gasteiger partial charge in [-0.1, -0.05) is 30.3 Å². The summed E-state index contributed by atoms with van der Waals surface area (Å²) in [5.41, 5.74) is 0.647. The summed E-state index contributed by atoms with van der Waals surface area (Å²) in [5.74, 6) is 0.176. The fraction of sp³-hybridized carbons (Fsp3) is 0.269. The number of ether oxygens (including phenoxy) is 1. The summed E-state index contributed by atoms with van der Waals surface area (Å²) in [5, 5.41) is 2.91. The number of hydrogen-bond donors (Lipinski definition) is 1. The van der Waals surface area contributed by atoms with Crippen LogP contribution in [0.3, 0.4) is 0 Å². The first-order valence-electron chi connectivity index (χ1n) is 11.4. The number of aromatic nitrogens is 1. The third kappa shape index (κ3) is 6.82. The van der Waals surface area contributed by atoms with Crippen molar-refractivity contribution >= 4 is 11.8 Å². The van der Waals surface area contributed by atoms with E-state index in [0.717, 1.165) is 17.7 Å². The van der Waals surface area contributed by atoms with Gasteiger partial charge in [-0.15, -0.1) is 0 Å². The molecule has 1 aromatic heterocycles. The minimum Gasteiger partial charge on any atom is -0.439 e. The SMILES string of the molecule is O=C(CN1CCN(C(=O)c2ccc(Oc3ccc(C(F)(F)F)cn3)cc2)CC1)NCc1ccccc1. The van der Waals surface area contributed by atoms with Crippen molar-refractivity contribution in [3.05, 3.63) is 89.6 Å². The lowest BCUT2D eigenvalue weighted by Crippen LogP contribution is -2.51. The summed E-state index contributed by atoms with van der Waals surface area (Å²) >= 11 is 0. The molecule has 7 nitrogen and oxygen atoms in total. The first-order valence-corrected chi connectivity index (χ1v) is 11.4. The Labute approximate surface area is 206 Å². The zero-order valence-corrected chi connectivity index (χ0v) is 19.4. The van der Waals surface area contributed by atoms with Crippen LogP contribution in [0.25, 0.3) is 0 Å². The molecule has 0 saturated carbocycles. The number of nitrogens with one attached hydrogen (secondary N) is 1. The predicted octanol–water partition coefficient (Wildman–Crippen LogP) is 3.97. The molecule has 2 aromatic carbocycles. The number of benzene rings is 2. The third-order valence-corrected chi connectivity index (χ3v) is 5.75. The van der Waals surface area contributed by atoms with Crippen LogP contribution in [0.2, 0.25) is 0 Å². The number of alkyl halides is 3. The Hall–Kier alpha value is -3.92. The Balaban J connectivity index is 1.23. The topological polar surface area (TPSA) is 74.8 Å². The van der Waals surface area contributed by atoms with E-state index < -0.39 is 11.7 Å². The van der Waals surface area contributed by atoms with Gasteiger partial charge in [-0.3, -0.25) is 14.5 Å². The number of piperazine rings is 1. The number of rotatable bonds is 7. The Bertz CT molecular complexity index is 1160. The molecule has 4 rings (SSSR count). The van der Waals surface area contributed by atoms with E-state index in [2.05, 4.69) is 10.3 Å². The van der Waals surface area contributed by atoms with Gasteiger partial charge in [0.15, 0.2) is 0 Å². The average molecular weight is 499 g/mol. The van der Waals surface area contributed by atoms with Crippen LogP contribution in [0.15, 0.2) is 72.9 Å². The summed E-state index contributed by atoms with van der Waals surface area (Å²) in [6.07, 6.45) is -3.76. The number of amides is 2. The molecule has 0 radical (unpaired) electrons. The highest BCUT2D eigenvalue weighted by Crippen LogP contribution is 2.30. The average Bonchev–Trinajstić information content (AvgIpc) is 2.88. The minimum atomic E-state index is -4.46. The van der Waals surface area contributed by atoms with Gasteiger partial charge < -0.3 is 15.0 Å². The van der Waals surface area contributed by atoms with Crippen LogP contribution in [0, 0.1) is 0 Å². The summed E-state index contributed by atoms with van der Waals surface area (Å²) in [7, 11) is 0. The van der Waals surface area contributed by atoms with E-state index in [1.165, 1.54) is 0 Å². The first kappa shape index (κ1) is 25.2. The highest BCUT2D eigenvalue weighted by molar-refractivity contribution is 5.94. The molecule has 1 aliphatic rings. The smallest absolute Gasteiger partial charge is 0.417 e. The quantitative estimate of drug-likeness (QED) is 0.534.